The highest BCUT2D eigenvalue weighted by atomic mass is 79.9. The summed E-state index contributed by atoms with van der Waals surface area (Å²) in [5.74, 6) is 1.48. The minimum atomic E-state index is 0.399. The van der Waals surface area contributed by atoms with Gasteiger partial charge in [0.25, 0.3) is 0 Å². The predicted octanol–water partition coefficient (Wildman–Crippen LogP) is 6.36. The van der Waals surface area contributed by atoms with Crippen molar-refractivity contribution in [1.82, 2.24) is 5.32 Å². The first-order chi connectivity index (χ1) is 12.7. The summed E-state index contributed by atoms with van der Waals surface area (Å²) in [4.78, 5) is 0. The smallest absolute Gasteiger partial charge is 0.167 e. The number of hydrogen-bond acceptors (Lipinski definition) is 3. The van der Waals surface area contributed by atoms with Crippen LogP contribution in [0.2, 0.25) is 5.02 Å². The third-order valence-electron chi connectivity index (χ3n) is 4.23. The molecule has 1 N–H and O–H groups in total. The van der Waals surface area contributed by atoms with Gasteiger partial charge in [-0.3, -0.25) is 0 Å². The summed E-state index contributed by atoms with van der Waals surface area (Å²) in [5.41, 5.74) is 2.02. The van der Waals surface area contributed by atoms with Crippen molar-refractivity contribution in [3.05, 3.63) is 57.0 Å². The van der Waals surface area contributed by atoms with Gasteiger partial charge in [-0.25, -0.2) is 0 Å². The van der Waals surface area contributed by atoms with Gasteiger partial charge in [0.1, 0.15) is 6.61 Å². The molecule has 0 radical (unpaired) electrons. The molecule has 0 aromatic heterocycles. The molecule has 0 fully saturated rings. The van der Waals surface area contributed by atoms with Crippen molar-refractivity contribution in [1.29, 1.82) is 0 Å². The van der Waals surface area contributed by atoms with Crippen molar-refractivity contribution in [3.8, 4) is 11.5 Å². The molecule has 0 aliphatic heterocycles. The molecule has 142 valence electrons. The monoisotopic (exact) mass is 439 g/mol. The summed E-state index contributed by atoms with van der Waals surface area (Å²) in [5, 5.41) is 4.22. The number of benzene rings is 2. The van der Waals surface area contributed by atoms with E-state index in [2.05, 4.69) is 28.2 Å². The molecule has 0 saturated carbocycles. The molecular formula is C21H27BrClNO2. The molecule has 0 unspecified atom stereocenters. The van der Waals surface area contributed by atoms with Crippen LogP contribution >= 0.6 is 27.5 Å². The molecule has 3 nitrogen and oxygen atoms in total. The summed E-state index contributed by atoms with van der Waals surface area (Å²) in [6.45, 7) is 4.34. The Balaban J connectivity index is 2.07. The Morgan fingerprint density at radius 1 is 1.08 bits per heavy atom. The highest BCUT2D eigenvalue weighted by Gasteiger charge is 2.15. The maximum absolute atomic E-state index is 6.25. The number of halogens is 2. The van der Waals surface area contributed by atoms with Gasteiger partial charge in [0.05, 0.1) is 7.11 Å². The van der Waals surface area contributed by atoms with Crippen LogP contribution in [-0.2, 0) is 13.2 Å². The van der Waals surface area contributed by atoms with E-state index in [1.165, 1.54) is 25.7 Å². The van der Waals surface area contributed by atoms with Crippen LogP contribution in [0.1, 0.15) is 43.7 Å². The van der Waals surface area contributed by atoms with Gasteiger partial charge in [0.2, 0.25) is 0 Å². The molecule has 0 aliphatic rings. The van der Waals surface area contributed by atoms with E-state index in [0.717, 1.165) is 40.2 Å². The fraction of sp³-hybridized carbons (Fsp3) is 0.429. The van der Waals surface area contributed by atoms with Crippen molar-refractivity contribution in [2.24, 2.45) is 0 Å². The molecular weight excluding hydrogens is 414 g/mol. The number of nitrogens with one attached hydrogen (secondary N) is 1. The molecule has 2 rings (SSSR count). The first-order valence-corrected chi connectivity index (χ1v) is 10.3. The van der Waals surface area contributed by atoms with Gasteiger partial charge in [-0.1, -0.05) is 71.9 Å². The molecule has 0 heterocycles. The normalized spacial score (nSPS) is 10.8. The minimum Gasteiger partial charge on any atom is -0.493 e. The van der Waals surface area contributed by atoms with Crippen molar-refractivity contribution < 1.29 is 9.47 Å². The Morgan fingerprint density at radius 2 is 1.88 bits per heavy atom. The third kappa shape index (κ3) is 6.19. The van der Waals surface area contributed by atoms with E-state index in [4.69, 9.17) is 21.1 Å². The van der Waals surface area contributed by atoms with Crippen molar-refractivity contribution in [2.45, 2.75) is 45.8 Å². The molecule has 0 bridgehead atoms. The second-order valence-corrected chi connectivity index (χ2v) is 7.44. The molecule has 2 aromatic rings. The van der Waals surface area contributed by atoms with Gasteiger partial charge in [0, 0.05) is 27.2 Å². The Bertz CT molecular complexity index is 694. The fourth-order valence-corrected chi connectivity index (χ4v) is 3.36. The lowest BCUT2D eigenvalue weighted by molar-refractivity contribution is 0.280. The lowest BCUT2D eigenvalue weighted by atomic mass is 10.1. The number of hydrogen-bond donors (Lipinski definition) is 1. The Morgan fingerprint density at radius 3 is 2.62 bits per heavy atom. The minimum absolute atomic E-state index is 0.399. The standard InChI is InChI=1S/C21H27BrClNO2/c1-3-4-5-8-13-24-14-17-18(22)11-12-20(25-2)21(17)26-15-16-9-6-7-10-19(16)23/h6-7,9-12,24H,3-5,8,13-15H2,1-2H3. The first-order valence-electron chi connectivity index (χ1n) is 9.09. The highest BCUT2D eigenvalue weighted by molar-refractivity contribution is 9.10. The van der Waals surface area contributed by atoms with Gasteiger partial charge < -0.3 is 14.8 Å². The Kier molecular flexibility index (Phi) is 9.30. The van der Waals surface area contributed by atoms with Gasteiger partial charge in [-0.05, 0) is 31.2 Å². The summed E-state index contributed by atoms with van der Waals surface area (Å²) in [6.07, 6.45) is 4.99. The van der Waals surface area contributed by atoms with Crippen LogP contribution < -0.4 is 14.8 Å². The molecule has 0 aliphatic carbocycles. The van der Waals surface area contributed by atoms with Crippen LogP contribution in [0.3, 0.4) is 0 Å². The average molecular weight is 441 g/mol. The third-order valence-corrected chi connectivity index (χ3v) is 5.34. The topological polar surface area (TPSA) is 30.5 Å². The van der Waals surface area contributed by atoms with Crippen LogP contribution in [0.25, 0.3) is 0 Å². The molecule has 0 spiro atoms. The van der Waals surface area contributed by atoms with E-state index in [-0.39, 0.29) is 0 Å². The molecule has 0 amide bonds. The van der Waals surface area contributed by atoms with E-state index in [9.17, 15) is 0 Å². The van der Waals surface area contributed by atoms with Crippen molar-refractivity contribution in [3.63, 3.8) is 0 Å². The molecule has 0 atom stereocenters. The zero-order chi connectivity index (χ0) is 18.8. The average Bonchev–Trinajstić information content (AvgIpc) is 2.65. The van der Waals surface area contributed by atoms with Gasteiger partial charge in [-0.15, -0.1) is 0 Å². The van der Waals surface area contributed by atoms with E-state index >= 15 is 0 Å². The maximum atomic E-state index is 6.25. The zero-order valence-corrected chi connectivity index (χ0v) is 17.8. The van der Waals surface area contributed by atoms with E-state index in [0.29, 0.717) is 11.6 Å². The lowest BCUT2D eigenvalue weighted by Crippen LogP contribution is -2.16. The number of ether oxygens (including phenoxy) is 2. The maximum Gasteiger partial charge on any atom is 0.167 e. The zero-order valence-electron chi connectivity index (χ0n) is 15.5. The molecule has 26 heavy (non-hydrogen) atoms. The second-order valence-electron chi connectivity index (χ2n) is 6.17. The quantitative estimate of drug-likeness (QED) is 0.412. The van der Waals surface area contributed by atoms with Gasteiger partial charge in [0.15, 0.2) is 11.5 Å². The van der Waals surface area contributed by atoms with Crippen molar-refractivity contribution in [2.75, 3.05) is 13.7 Å². The first kappa shape index (κ1) is 21.1. The summed E-state index contributed by atoms with van der Waals surface area (Å²) >= 11 is 9.89. The van der Waals surface area contributed by atoms with Crippen molar-refractivity contribution >= 4 is 27.5 Å². The van der Waals surface area contributed by atoms with Crippen LogP contribution in [0, 0.1) is 0 Å². The SMILES string of the molecule is CCCCCCNCc1c(Br)ccc(OC)c1OCc1ccccc1Cl. The van der Waals surface area contributed by atoms with Crippen LogP contribution in [0.5, 0.6) is 11.5 Å². The molecule has 5 heteroatoms. The number of rotatable bonds is 11. The lowest BCUT2D eigenvalue weighted by Gasteiger charge is -2.17. The summed E-state index contributed by atoms with van der Waals surface area (Å²) in [7, 11) is 1.66. The van der Waals surface area contributed by atoms with E-state index in [1.54, 1.807) is 7.11 Å². The molecule has 0 saturated heterocycles. The second kappa shape index (κ2) is 11.5. The number of unbranched alkanes of at least 4 members (excludes halogenated alkanes) is 3. The van der Waals surface area contributed by atoms with Crippen LogP contribution in [0.15, 0.2) is 40.9 Å². The van der Waals surface area contributed by atoms with E-state index in [1.807, 2.05) is 36.4 Å². The van der Waals surface area contributed by atoms with Crippen LogP contribution in [-0.4, -0.2) is 13.7 Å². The molecule has 2 aromatic carbocycles. The summed E-state index contributed by atoms with van der Waals surface area (Å²) < 4.78 is 12.6. The fourth-order valence-electron chi connectivity index (χ4n) is 2.72. The van der Waals surface area contributed by atoms with Gasteiger partial charge in [-0.2, -0.15) is 0 Å². The Labute approximate surface area is 170 Å². The highest BCUT2D eigenvalue weighted by Crippen LogP contribution is 2.37. The Hall–Kier alpha value is -1.23. The number of methoxy groups -OCH3 is 1. The summed E-state index contributed by atoms with van der Waals surface area (Å²) in [6, 6.07) is 11.6. The van der Waals surface area contributed by atoms with Gasteiger partial charge >= 0.3 is 0 Å². The largest absolute Gasteiger partial charge is 0.493 e. The predicted molar refractivity (Wildman–Crippen MR) is 112 cm³/mol. The van der Waals surface area contributed by atoms with Crippen LogP contribution in [0.4, 0.5) is 0 Å². The van der Waals surface area contributed by atoms with E-state index < -0.39 is 0 Å².